The van der Waals surface area contributed by atoms with Gasteiger partial charge in [-0.25, -0.2) is 8.42 Å². The first-order valence-electron chi connectivity index (χ1n) is 6.77. The second kappa shape index (κ2) is 6.44. The summed E-state index contributed by atoms with van der Waals surface area (Å²) in [7, 11) is -1.65. The van der Waals surface area contributed by atoms with Crippen LogP contribution in [0.25, 0.3) is 0 Å². The third-order valence-electron chi connectivity index (χ3n) is 3.53. The second-order valence-electron chi connectivity index (χ2n) is 5.35. The van der Waals surface area contributed by atoms with Crippen LogP contribution < -0.4 is 0 Å². The highest BCUT2D eigenvalue weighted by Gasteiger charge is 2.29. The summed E-state index contributed by atoms with van der Waals surface area (Å²) in [5.41, 5.74) is 0.666. The maximum absolute atomic E-state index is 12.7. The lowest BCUT2D eigenvalue weighted by molar-refractivity contribution is -0.116. The Bertz CT molecular complexity index is 638. The number of carbonyl (C=O) groups is 1. The first-order chi connectivity index (χ1) is 9.80. The van der Waals surface area contributed by atoms with Gasteiger partial charge in [-0.15, -0.1) is 0 Å². The molecule has 0 spiro atoms. The van der Waals surface area contributed by atoms with E-state index in [1.165, 1.54) is 17.3 Å². The van der Waals surface area contributed by atoms with Crippen LogP contribution in [0.2, 0.25) is 5.02 Å². The van der Waals surface area contributed by atoms with Gasteiger partial charge in [-0.05, 0) is 31.7 Å². The fraction of sp³-hybridized carbons (Fsp3) is 0.500. The van der Waals surface area contributed by atoms with Crippen LogP contribution in [0, 0.1) is 0 Å². The molecule has 1 aliphatic heterocycles. The lowest BCUT2D eigenvalue weighted by atomic mass is 10.1. The van der Waals surface area contributed by atoms with Gasteiger partial charge in [0.05, 0.1) is 5.02 Å². The predicted molar refractivity (Wildman–Crippen MR) is 82.1 cm³/mol. The number of Topliss-reactive ketones (excluding diaryl/α,β-unsaturated/α-hetero) is 1. The Morgan fingerprint density at radius 1 is 1.24 bits per heavy atom. The molecule has 5 nitrogen and oxygen atoms in total. The highest BCUT2D eigenvalue weighted by Crippen LogP contribution is 2.26. The molecule has 0 radical (unpaired) electrons. The summed E-state index contributed by atoms with van der Waals surface area (Å²) < 4.78 is 26.8. The fourth-order valence-electron chi connectivity index (χ4n) is 2.31. The van der Waals surface area contributed by atoms with Crippen LogP contribution in [0.5, 0.6) is 0 Å². The molecule has 1 saturated heterocycles. The minimum atomic E-state index is -3.61. The Hall–Kier alpha value is -0.950. The van der Waals surface area contributed by atoms with Gasteiger partial charge < -0.3 is 4.90 Å². The van der Waals surface area contributed by atoms with Crippen molar-refractivity contribution in [2.24, 2.45) is 0 Å². The highest BCUT2D eigenvalue weighted by atomic mass is 35.5. The standard InChI is InChI=1S/C14H19ClN2O3S/c1-11(18)9-12-3-4-13(15)14(10-12)21(19,20)17-7-5-16(2)6-8-17/h3-4,10H,5-9H2,1-2H3. The molecule has 0 saturated carbocycles. The van der Waals surface area contributed by atoms with Crippen LogP contribution >= 0.6 is 11.6 Å². The minimum Gasteiger partial charge on any atom is -0.304 e. The van der Waals surface area contributed by atoms with Gasteiger partial charge in [-0.2, -0.15) is 4.31 Å². The predicted octanol–water partition coefficient (Wildman–Crippen LogP) is 1.41. The molecule has 116 valence electrons. The fourth-order valence-corrected chi connectivity index (χ4v) is 4.26. The molecule has 2 rings (SSSR count). The van der Waals surface area contributed by atoms with Gasteiger partial charge in [-0.3, -0.25) is 4.79 Å². The molecular formula is C14H19ClN2O3S. The van der Waals surface area contributed by atoms with Gasteiger partial charge in [0.15, 0.2) is 0 Å². The van der Waals surface area contributed by atoms with E-state index >= 15 is 0 Å². The Morgan fingerprint density at radius 2 is 1.86 bits per heavy atom. The number of piperazine rings is 1. The van der Waals surface area contributed by atoms with Crippen molar-refractivity contribution in [3.63, 3.8) is 0 Å². The topological polar surface area (TPSA) is 57.7 Å². The van der Waals surface area contributed by atoms with E-state index in [0.717, 1.165) is 0 Å². The lowest BCUT2D eigenvalue weighted by Gasteiger charge is -2.31. The van der Waals surface area contributed by atoms with Crippen molar-refractivity contribution >= 4 is 27.4 Å². The van der Waals surface area contributed by atoms with E-state index in [1.807, 2.05) is 7.05 Å². The molecule has 0 atom stereocenters. The van der Waals surface area contributed by atoms with Crippen molar-refractivity contribution < 1.29 is 13.2 Å². The third-order valence-corrected chi connectivity index (χ3v) is 5.91. The summed E-state index contributed by atoms with van der Waals surface area (Å²) in [5, 5.41) is 0.196. The summed E-state index contributed by atoms with van der Waals surface area (Å²) in [4.78, 5) is 13.4. The highest BCUT2D eigenvalue weighted by molar-refractivity contribution is 7.89. The van der Waals surface area contributed by atoms with E-state index in [1.54, 1.807) is 12.1 Å². The van der Waals surface area contributed by atoms with Gasteiger partial charge in [0, 0.05) is 32.6 Å². The SMILES string of the molecule is CC(=O)Cc1ccc(Cl)c(S(=O)(=O)N2CCN(C)CC2)c1. The average Bonchev–Trinajstić information content (AvgIpc) is 2.41. The van der Waals surface area contributed by atoms with Crippen molar-refractivity contribution in [3.05, 3.63) is 28.8 Å². The number of sulfonamides is 1. The zero-order valence-corrected chi connectivity index (χ0v) is 13.7. The number of rotatable bonds is 4. The number of nitrogens with zero attached hydrogens (tertiary/aromatic N) is 2. The Kier molecular flexibility index (Phi) is 5.03. The van der Waals surface area contributed by atoms with E-state index in [0.29, 0.717) is 31.7 Å². The van der Waals surface area contributed by atoms with Gasteiger partial charge in [0.1, 0.15) is 10.7 Å². The summed E-state index contributed by atoms with van der Waals surface area (Å²) in [6, 6.07) is 4.74. The number of halogens is 1. The van der Waals surface area contributed by atoms with Gasteiger partial charge >= 0.3 is 0 Å². The summed E-state index contributed by atoms with van der Waals surface area (Å²) in [6.45, 7) is 3.77. The maximum Gasteiger partial charge on any atom is 0.244 e. The maximum atomic E-state index is 12.7. The Balaban J connectivity index is 2.32. The monoisotopic (exact) mass is 330 g/mol. The molecule has 0 amide bonds. The van der Waals surface area contributed by atoms with Gasteiger partial charge in [0.25, 0.3) is 0 Å². The molecule has 0 aliphatic carbocycles. The number of hydrogen-bond acceptors (Lipinski definition) is 4. The van der Waals surface area contributed by atoms with Crippen molar-refractivity contribution in [2.75, 3.05) is 33.2 Å². The van der Waals surface area contributed by atoms with Crippen LogP contribution in [0.4, 0.5) is 0 Å². The molecule has 1 aromatic rings. The van der Waals surface area contributed by atoms with Crippen LogP contribution in [0.1, 0.15) is 12.5 Å². The van der Waals surface area contributed by atoms with Crippen LogP contribution in [-0.2, 0) is 21.2 Å². The van der Waals surface area contributed by atoms with E-state index < -0.39 is 10.0 Å². The second-order valence-corrected chi connectivity index (χ2v) is 7.66. The average molecular weight is 331 g/mol. The van der Waals surface area contributed by atoms with E-state index in [2.05, 4.69) is 4.90 Å². The molecule has 1 aromatic carbocycles. The molecule has 0 N–H and O–H groups in total. The summed E-state index contributed by atoms with van der Waals surface area (Å²) >= 11 is 6.06. The zero-order chi connectivity index (χ0) is 15.6. The molecule has 0 unspecified atom stereocenters. The summed E-state index contributed by atoms with van der Waals surface area (Å²) in [6.07, 6.45) is 0.211. The van der Waals surface area contributed by atoms with E-state index in [-0.39, 0.29) is 22.1 Å². The summed E-state index contributed by atoms with van der Waals surface area (Å²) in [5.74, 6) is -0.0136. The molecule has 0 bridgehead atoms. The smallest absolute Gasteiger partial charge is 0.244 e. The quantitative estimate of drug-likeness (QED) is 0.837. The van der Waals surface area contributed by atoms with Crippen LogP contribution in [0.3, 0.4) is 0 Å². The van der Waals surface area contributed by atoms with Crippen LogP contribution in [-0.4, -0.2) is 56.6 Å². The molecule has 1 heterocycles. The first kappa shape index (κ1) is 16.4. The van der Waals surface area contributed by atoms with Gasteiger partial charge in [0.2, 0.25) is 10.0 Å². The van der Waals surface area contributed by atoms with Crippen molar-refractivity contribution in [1.82, 2.24) is 9.21 Å². The first-order valence-corrected chi connectivity index (χ1v) is 8.59. The molecule has 21 heavy (non-hydrogen) atoms. The van der Waals surface area contributed by atoms with Crippen molar-refractivity contribution in [3.8, 4) is 0 Å². The number of carbonyl (C=O) groups excluding carboxylic acids is 1. The number of hydrogen-bond donors (Lipinski definition) is 0. The van der Waals surface area contributed by atoms with E-state index in [4.69, 9.17) is 11.6 Å². The normalized spacial score (nSPS) is 17.9. The number of likely N-dealkylation sites (N-methyl/N-ethyl adjacent to an activating group) is 1. The Labute approximate surface area is 130 Å². The van der Waals surface area contributed by atoms with Crippen LogP contribution in [0.15, 0.2) is 23.1 Å². The van der Waals surface area contributed by atoms with Crippen molar-refractivity contribution in [2.45, 2.75) is 18.2 Å². The minimum absolute atomic E-state index is 0.0136. The third kappa shape index (κ3) is 3.83. The van der Waals surface area contributed by atoms with Crippen molar-refractivity contribution in [1.29, 1.82) is 0 Å². The van der Waals surface area contributed by atoms with E-state index in [9.17, 15) is 13.2 Å². The molecule has 1 fully saturated rings. The lowest BCUT2D eigenvalue weighted by Crippen LogP contribution is -2.47. The molecule has 0 aromatic heterocycles. The largest absolute Gasteiger partial charge is 0.304 e. The Morgan fingerprint density at radius 3 is 2.43 bits per heavy atom. The van der Waals surface area contributed by atoms with Gasteiger partial charge in [-0.1, -0.05) is 17.7 Å². The molecule has 1 aliphatic rings. The molecule has 7 heteroatoms. The zero-order valence-electron chi connectivity index (χ0n) is 12.2. The number of benzene rings is 1. The number of ketones is 1. The molecular weight excluding hydrogens is 312 g/mol.